The minimum Gasteiger partial charge on any atom is -0.319 e. The van der Waals surface area contributed by atoms with Crippen LogP contribution in [0.15, 0.2) is 69.5 Å². The molecule has 3 aromatic rings. The summed E-state index contributed by atoms with van der Waals surface area (Å²) < 4.78 is 67.4. The second-order valence-electron chi connectivity index (χ2n) is 8.66. The van der Waals surface area contributed by atoms with Gasteiger partial charge in [-0.3, -0.25) is 39.6 Å². The summed E-state index contributed by atoms with van der Waals surface area (Å²) >= 11 is 0. The summed E-state index contributed by atoms with van der Waals surface area (Å²) in [5, 5.41) is 31.4. The Balaban J connectivity index is 1.94. The highest BCUT2D eigenvalue weighted by atomic mass is 32.2. The van der Waals surface area contributed by atoms with E-state index in [2.05, 4.69) is 15.8 Å². The largest absolute Gasteiger partial charge is 0.319 e. The lowest BCUT2D eigenvalue weighted by Crippen LogP contribution is -2.47. The second kappa shape index (κ2) is 10.7. The van der Waals surface area contributed by atoms with Crippen LogP contribution in [0.2, 0.25) is 0 Å². The van der Waals surface area contributed by atoms with E-state index in [0.717, 1.165) is 22.4 Å². The van der Waals surface area contributed by atoms with Crippen LogP contribution in [0.5, 0.6) is 0 Å². The monoisotopic (exact) mass is 621 g/mol. The molecule has 3 aromatic carbocycles. The van der Waals surface area contributed by atoms with Crippen LogP contribution >= 0.6 is 0 Å². The van der Waals surface area contributed by atoms with Gasteiger partial charge in [0.05, 0.1) is 21.2 Å². The van der Waals surface area contributed by atoms with Crippen molar-refractivity contribution in [1.82, 2.24) is 5.43 Å². The van der Waals surface area contributed by atoms with Crippen molar-refractivity contribution in [1.29, 1.82) is 0 Å². The Morgan fingerprint density at radius 3 is 1.81 bits per heavy atom. The average Bonchev–Trinajstić information content (AvgIpc) is 3.32. The average molecular weight is 622 g/mol. The Kier molecular flexibility index (Phi) is 7.56. The highest BCUT2D eigenvalue weighted by Crippen LogP contribution is 2.38. The van der Waals surface area contributed by atoms with Gasteiger partial charge in [0.15, 0.2) is 9.79 Å². The van der Waals surface area contributed by atoms with Crippen LogP contribution in [0, 0.1) is 34.1 Å². The number of hydrogen-bond donors (Lipinski definition) is 4. The first-order chi connectivity index (χ1) is 19.5. The van der Waals surface area contributed by atoms with Gasteiger partial charge in [-0.1, -0.05) is 18.2 Å². The number of nitro groups is 2. The lowest BCUT2D eigenvalue weighted by atomic mass is 10.1. The molecule has 1 aliphatic rings. The van der Waals surface area contributed by atoms with E-state index in [4.69, 9.17) is 0 Å². The maximum absolute atomic E-state index is 13.1. The Hall–Kier alpha value is -5.18. The van der Waals surface area contributed by atoms with Crippen molar-refractivity contribution in [2.24, 2.45) is 5.10 Å². The minimum absolute atomic E-state index is 0.00364. The van der Waals surface area contributed by atoms with Crippen LogP contribution < -0.4 is 21.0 Å². The summed E-state index contributed by atoms with van der Waals surface area (Å²) in [6, 6.07) is 11.1. The number of hydrazone groups is 1. The van der Waals surface area contributed by atoms with Gasteiger partial charge in [-0.15, -0.1) is 5.10 Å². The number of benzene rings is 3. The Morgan fingerprint density at radius 1 is 0.857 bits per heavy atom. The molecule has 18 nitrogen and oxygen atoms in total. The molecule has 0 aromatic heterocycles. The van der Waals surface area contributed by atoms with Gasteiger partial charge in [0, 0.05) is 17.8 Å². The maximum Gasteiger partial charge on any atom is 0.301 e. The summed E-state index contributed by atoms with van der Waals surface area (Å²) in [6.07, 6.45) is 0. The van der Waals surface area contributed by atoms with E-state index in [0.29, 0.717) is 17.8 Å². The molecule has 1 aliphatic heterocycles. The van der Waals surface area contributed by atoms with E-state index in [9.17, 15) is 51.0 Å². The summed E-state index contributed by atoms with van der Waals surface area (Å²) in [5.41, 5.74) is 0.515. The number of para-hydroxylation sites is 1. The van der Waals surface area contributed by atoms with Gasteiger partial charge >= 0.3 is 20.2 Å². The maximum atomic E-state index is 13.1. The van der Waals surface area contributed by atoms with Crippen molar-refractivity contribution >= 4 is 60.4 Å². The first kappa shape index (κ1) is 29.8. The van der Waals surface area contributed by atoms with Gasteiger partial charge in [-0.2, -0.15) is 27.1 Å². The summed E-state index contributed by atoms with van der Waals surface area (Å²) in [6.45, 7) is 2.64. The van der Waals surface area contributed by atoms with Crippen LogP contribution in [-0.2, 0) is 25.0 Å². The van der Waals surface area contributed by atoms with E-state index in [-0.39, 0.29) is 22.5 Å². The zero-order valence-electron chi connectivity index (χ0n) is 21.3. The number of nitrogens with zero attached hydrogens (tertiary/aromatic N) is 5. The molecule has 0 saturated heterocycles. The Bertz CT molecular complexity index is 1900. The first-order valence-corrected chi connectivity index (χ1v) is 14.2. The van der Waals surface area contributed by atoms with Crippen LogP contribution in [0.4, 0.5) is 28.4 Å². The van der Waals surface area contributed by atoms with Crippen LogP contribution in [0.1, 0.15) is 11.1 Å². The zero-order valence-corrected chi connectivity index (χ0v) is 23.0. The molecule has 0 fully saturated rings. The first-order valence-electron chi connectivity index (χ1n) is 11.3. The standard InChI is InChI=1S/C22H19N7O11S2/c1-12-8-17(28(31)32)19(41(35,36)37)10-15(12)26-24-21(22(30)23-14-6-4-3-5-7-14)25-27(26)16-11-20(42(38,39)40)18(29(33)34)9-13(16)2/h3-11H,1-2H3,(H,23,30)(H,24,25)(H,35,36,37)(H,38,39,40). The third-order valence-electron chi connectivity index (χ3n) is 5.79. The van der Waals surface area contributed by atoms with Crippen molar-refractivity contribution < 1.29 is 40.6 Å². The fourth-order valence-corrected chi connectivity index (χ4v) is 5.22. The number of anilines is 3. The molecular formula is C22H19N7O11S2. The Morgan fingerprint density at radius 2 is 1.33 bits per heavy atom. The Labute approximate surface area is 236 Å². The second-order valence-corrected chi connectivity index (χ2v) is 11.4. The number of rotatable bonds is 8. The number of carbonyl (C=O) groups is 1. The zero-order chi connectivity index (χ0) is 31.1. The van der Waals surface area contributed by atoms with Crippen molar-refractivity contribution in [3.05, 3.63) is 86.0 Å². The number of carbonyl (C=O) groups excluding carboxylic acids is 1. The predicted octanol–water partition coefficient (Wildman–Crippen LogP) is 2.31. The molecule has 42 heavy (non-hydrogen) atoms. The molecule has 220 valence electrons. The SMILES string of the molecule is Cc1cc([N+](=O)[O-])c(S(=O)(=O)O)cc1N1N=C(C(=O)Nc2ccccc2)NN1c1cc(S(=O)(=O)O)c([N+](=O)[O-])cc1C. The molecule has 0 saturated carbocycles. The molecule has 0 unspecified atom stereocenters. The van der Waals surface area contributed by atoms with Crippen molar-refractivity contribution in [2.45, 2.75) is 23.6 Å². The normalized spacial score (nSPS) is 13.4. The molecule has 4 N–H and O–H groups in total. The summed E-state index contributed by atoms with van der Waals surface area (Å²) in [4.78, 5) is 31.7. The fraction of sp³-hybridized carbons (Fsp3) is 0.0909. The number of amides is 1. The highest BCUT2D eigenvalue weighted by Gasteiger charge is 2.36. The fourth-order valence-electron chi connectivity index (χ4n) is 3.91. The van der Waals surface area contributed by atoms with E-state index >= 15 is 0 Å². The third-order valence-corrected chi connectivity index (χ3v) is 7.56. The summed E-state index contributed by atoms with van der Waals surface area (Å²) in [7, 11) is -10.3. The highest BCUT2D eigenvalue weighted by molar-refractivity contribution is 7.86. The number of nitro benzene ring substituents is 2. The number of hydrogen-bond acceptors (Lipinski definition) is 13. The van der Waals surface area contributed by atoms with Gasteiger partial charge in [0.25, 0.3) is 17.3 Å². The molecule has 1 amide bonds. The third kappa shape index (κ3) is 5.81. The van der Waals surface area contributed by atoms with Crippen LogP contribution in [0.25, 0.3) is 0 Å². The van der Waals surface area contributed by atoms with E-state index in [1.54, 1.807) is 30.3 Å². The van der Waals surface area contributed by atoms with Crippen LogP contribution in [-0.4, -0.2) is 47.5 Å². The lowest BCUT2D eigenvalue weighted by Gasteiger charge is -2.30. The lowest BCUT2D eigenvalue weighted by molar-refractivity contribution is -0.388. The number of hydrazine groups is 2. The number of nitrogens with one attached hydrogen (secondary N) is 2. The van der Waals surface area contributed by atoms with Gasteiger partial charge in [0.1, 0.15) is 0 Å². The van der Waals surface area contributed by atoms with Crippen molar-refractivity contribution in [2.75, 3.05) is 15.6 Å². The smallest absolute Gasteiger partial charge is 0.301 e. The predicted molar refractivity (Wildman–Crippen MR) is 146 cm³/mol. The molecule has 0 bridgehead atoms. The number of aryl methyl sites for hydroxylation is 2. The molecule has 0 aliphatic carbocycles. The van der Waals surface area contributed by atoms with Gasteiger partial charge in [-0.25, -0.2) is 0 Å². The topological polar surface area (TPSA) is 255 Å². The van der Waals surface area contributed by atoms with E-state index in [1.807, 2.05) is 0 Å². The van der Waals surface area contributed by atoms with Gasteiger partial charge in [0.2, 0.25) is 5.84 Å². The molecule has 1 heterocycles. The van der Waals surface area contributed by atoms with Gasteiger partial charge in [-0.05, 0) is 49.2 Å². The van der Waals surface area contributed by atoms with E-state index < -0.39 is 63.0 Å². The van der Waals surface area contributed by atoms with Crippen molar-refractivity contribution in [3.63, 3.8) is 0 Å². The quantitative estimate of drug-likeness (QED) is 0.160. The molecule has 0 atom stereocenters. The molecule has 20 heteroatoms. The van der Waals surface area contributed by atoms with Crippen molar-refractivity contribution in [3.8, 4) is 0 Å². The minimum atomic E-state index is -5.17. The molecule has 4 rings (SSSR count). The van der Waals surface area contributed by atoms with Crippen LogP contribution in [0.3, 0.4) is 0 Å². The molecule has 0 radical (unpaired) electrons. The molecule has 0 spiro atoms. The summed E-state index contributed by atoms with van der Waals surface area (Å²) in [5.74, 6) is -1.31. The van der Waals surface area contributed by atoms with Gasteiger partial charge < -0.3 is 5.32 Å². The molecular weight excluding hydrogens is 602 g/mol. The number of amidine groups is 1. The van der Waals surface area contributed by atoms with E-state index in [1.165, 1.54) is 13.8 Å².